The number of aromatic hydroxyl groups is 1. The molecule has 26 heavy (non-hydrogen) atoms. The summed E-state index contributed by atoms with van der Waals surface area (Å²) in [5.74, 6) is 0.346. The standard InChI is InChI=1S/C22H28O2S2/c1-25-17-11-13-7-3-5-9-15(13)19(21(17)23)20-16-10-6-4-8-14(16)12-18(26-2)22(20)24/h11-12,19,21,23-24H,3-10H2,1-2H3/t19?,21-/m1/s1. The van der Waals surface area contributed by atoms with E-state index in [-0.39, 0.29) is 5.92 Å². The summed E-state index contributed by atoms with van der Waals surface area (Å²) in [6.45, 7) is 0. The minimum Gasteiger partial charge on any atom is -0.506 e. The number of benzene rings is 1. The van der Waals surface area contributed by atoms with Crippen LogP contribution in [0.2, 0.25) is 0 Å². The van der Waals surface area contributed by atoms with Crippen molar-refractivity contribution in [2.75, 3.05) is 12.5 Å². The second kappa shape index (κ2) is 7.65. The number of hydrogen-bond donors (Lipinski definition) is 2. The summed E-state index contributed by atoms with van der Waals surface area (Å²) in [5, 5.41) is 22.5. The number of rotatable bonds is 3. The fourth-order valence-electron chi connectivity index (χ4n) is 4.98. The summed E-state index contributed by atoms with van der Waals surface area (Å²) in [4.78, 5) is 2.01. The molecule has 0 amide bonds. The molecule has 4 rings (SSSR count). The van der Waals surface area contributed by atoms with E-state index in [4.69, 9.17) is 0 Å². The van der Waals surface area contributed by atoms with Crippen LogP contribution in [-0.2, 0) is 12.8 Å². The third kappa shape index (κ3) is 3.04. The zero-order valence-electron chi connectivity index (χ0n) is 15.7. The number of allylic oxidation sites excluding steroid dienone is 2. The number of thioether (sulfide) groups is 2. The van der Waals surface area contributed by atoms with Crippen molar-refractivity contribution in [2.45, 2.75) is 68.3 Å². The first kappa shape index (κ1) is 18.5. The van der Waals surface area contributed by atoms with E-state index in [2.05, 4.69) is 12.1 Å². The lowest BCUT2D eigenvalue weighted by Gasteiger charge is -2.37. The summed E-state index contributed by atoms with van der Waals surface area (Å²) in [6.07, 6.45) is 14.9. The molecule has 0 aliphatic heterocycles. The van der Waals surface area contributed by atoms with Gasteiger partial charge in [-0.1, -0.05) is 5.57 Å². The van der Waals surface area contributed by atoms with Crippen LogP contribution in [-0.4, -0.2) is 28.8 Å². The molecule has 2 atom stereocenters. The van der Waals surface area contributed by atoms with Crippen molar-refractivity contribution in [3.63, 3.8) is 0 Å². The fraction of sp³-hybridized carbons (Fsp3) is 0.545. The lowest BCUT2D eigenvalue weighted by Crippen LogP contribution is -2.28. The summed E-state index contributed by atoms with van der Waals surface area (Å²) in [6, 6.07) is 2.19. The van der Waals surface area contributed by atoms with Gasteiger partial charge in [-0.3, -0.25) is 0 Å². The first-order chi connectivity index (χ1) is 12.7. The van der Waals surface area contributed by atoms with Crippen molar-refractivity contribution in [2.24, 2.45) is 0 Å². The van der Waals surface area contributed by atoms with Gasteiger partial charge in [0.15, 0.2) is 0 Å². The highest BCUT2D eigenvalue weighted by atomic mass is 32.2. The predicted octanol–water partition coefficient (Wildman–Crippen LogP) is 5.57. The van der Waals surface area contributed by atoms with Crippen LogP contribution in [0.25, 0.3) is 0 Å². The Kier molecular flexibility index (Phi) is 5.45. The SMILES string of the molecule is CSC1=CC2=C(CCCC2)C(c2c(O)c(SC)cc3c2CCCC3)[C@@H]1O. The van der Waals surface area contributed by atoms with E-state index in [1.54, 1.807) is 23.5 Å². The normalized spacial score (nSPS) is 25.6. The first-order valence-corrected chi connectivity index (χ1v) is 12.2. The van der Waals surface area contributed by atoms with Crippen molar-refractivity contribution in [1.29, 1.82) is 0 Å². The molecule has 3 aliphatic rings. The second-order valence-corrected chi connectivity index (χ2v) is 9.34. The van der Waals surface area contributed by atoms with E-state index in [1.807, 2.05) is 12.5 Å². The quantitative estimate of drug-likeness (QED) is 0.664. The first-order valence-electron chi connectivity index (χ1n) is 9.72. The Hall–Kier alpha value is -0.840. The lowest BCUT2D eigenvalue weighted by atomic mass is 9.71. The largest absolute Gasteiger partial charge is 0.506 e. The lowest BCUT2D eigenvalue weighted by molar-refractivity contribution is 0.191. The summed E-state index contributed by atoms with van der Waals surface area (Å²) >= 11 is 3.27. The highest BCUT2D eigenvalue weighted by molar-refractivity contribution is 8.02. The molecule has 0 fully saturated rings. The number of phenolic OH excluding ortho intramolecular Hbond substituents is 1. The number of aryl methyl sites for hydroxylation is 1. The van der Waals surface area contributed by atoms with Crippen LogP contribution in [0.5, 0.6) is 5.75 Å². The molecule has 0 saturated heterocycles. The van der Waals surface area contributed by atoms with Crippen molar-refractivity contribution >= 4 is 23.5 Å². The Balaban J connectivity index is 1.93. The fourth-order valence-corrected chi connectivity index (χ4v) is 6.19. The van der Waals surface area contributed by atoms with Gasteiger partial charge in [-0.05, 0) is 92.7 Å². The molecule has 0 heterocycles. The monoisotopic (exact) mass is 388 g/mol. The Labute approximate surface area is 165 Å². The maximum atomic E-state index is 11.3. The van der Waals surface area contributed by atoms with Gasteiger partial charge in [0, 0.05) is 21.3 Å². The molecule has 0 saturated carbocycles. The van der Waals surface area contributed by atoms with Gasteiger partial charge in [-0.2, -0.15) is 0 Å². The van der Waals surface area contributed by atoms with Gasteiger partial charge in [0.2, 0.25) is 0 Å². The van der Waals surface area contributed by atoms with Crippen LogP contribution in [0, 0.1) is 0 Å². The number of fused-ring (bicyclic) bond motifs is 1. The number of hydrogen-bond acceptors (Lipinski definition) is 4. The smallest absolute Gasteiger partial charge is 0.133 e. The third-order valence-corrected chi connectivity index (χ3v) is 7.83. The van der Waals surface area contributed by atoms with Crippen molar-refractivity contribution in [3.05, 3.63) is 44.9 Å². The molecule has 3 aliphatic carbocycles. The van der Waals surface area contributed by atoms with E-state index in [1.165, 1.54) is 48.0 Å². The number of phenols is 1. The predicted molar refractivity (Wildman–Crippen MR) is 112 cm³/mol. The zero-order chi connectivity index (χ0) is 18.3. The molecule has 1 aromatic carbocycles. The van der Waals surface area contributed by atoms with Gasteiger partial charge in [-0.25, -0.2) is 0 Å². The highest BCUT2D eigenvalue weighted by Crippen LogP contribution is 2.51. The maximum Gasteiger partial charge on any atom is 0.133 e. The van der Waals surface area contributed by atoms with Gasteiger partial charge in [0.1, 0.15) is 5.75 Å². The Morgan fingerprint density at radius 3 is 2.46 bits per heavy atom. The molecule has 2 nitrogen and oxygen atoms in total. The van der Waals surface area contributed by atoms with Crippen molar-refractivity contribution in [1.82, 2.24) is 0 Å². The number of aliphatic hydroxyl groups excluding tert-OH is 1. The van der Waals surface area contributed by atoms with Crippen molar-refractivity contribution in [3.8, 4) is 5.75 Å². The van der Waals surface area contributed by atoms with Crippen molar-refractivity contribution < 1.29 is 10.2 Å². The van der Waals surface area contributed by atoms with Crippen LogP contribution in [0.15, 0.2) is 33.1 Å². The minimum atomic E-state index is -0.532. The van der Waals surface area contributed by atoms with Crippen LogP contribution < -0.4 is 0 Å². The van der Waals surface area contributed by atoms with E-state index < -0.39 is 6.10 Å². The molecule has 0 bridgehead atoms. The van der Waals surface area contributed by atoms with Gasteiger partial charge in [0.05, 0.1) is 6.10 Å². The van der Waals surface area contributed by atoms with Gasteiger partial charge in [-0.15, -0.1) is 23.5 Å². The Bertz CT molecular complexity index is 779. The topological polar surface area (TPSA) is 40.5 Å². The molecule has 1 aromatic rings. The van der Waals surface area contributed by atoms with Crippen LogP contribution >= 0.6 is 23.5 Å². The van der Waals surface area contributed by atoms with Gasteiger partial charge >= 0.3 is 0 Å². The van der Waals surface area contributed by atoms with E-state index >= 15 is 0 Å². The highest BCUT2D eigenvalue weighted by Gasteiger charge is 2.38. The van der Waals surface area contributed by atoms with Gasteiger partial charge < -0.3 is 10.2 Å². The molecular weight excluding hydrogens is 360 g/mol. The molecule has 140 valence electrons. The van der Waals surface area contributed by atoms with Crippen LogP contribution in [0.4, 0.5) is 0 Å². The minimum absolute atomic E-state index is 0.0725. The molecule has 0 radical (unpaired) electrons. The van der Waals surface area contributed by atoms with Crippen LogP contribution in [0.1, 0.15) is 61.1 Å². The second-order valence-electron chi connectivity index (χ2n) is 7.62. The molecule has 0 aromatic heterocycles. The Morgan fingerprint density at radius 2 is 1.69 bits per heavy atom. The molecule has 0 spiro atoms. The van der Waals surface area contributed by atoms with Crippen LogP contribution in [0.3, 0.4) is 0 Å². The van der Waals surface area contributed by atoms with E-state index in [0.29, 0.717) is 5.75 Å². The molecule has 1 unspecified atom stereocenters. The average Bonchev–Trinajstić information content (AvgIpc) is 2.68. The summed E-state index contributed by atoms with van der Waals surface area (Å²) < 4.78 is 0. The maximum absolute atomic E-state index is 11.3. The average molecular weight is 389 g/mol. The van der Waals surface area contributed by atoms with E-state index in [0.717, 1.165) is 41.0 Å². The molecular formula is C22H28O2S2. The van der Waals surface area contributed by atoms with E-state index in [9.17, 15) is 10.2 Å². The zero-order valence-corrected chi connectivity index (χ0v) is 17.3. The third-order valence-electron chi connectivity index (χ3n) is 6.25. The summed E-state index contributed by atoms with van der Waals surface area (Å²) in [5.41, 5.74) is 6.53. The summed E-state index contributed by atoms with van der Waals surface area (Å²) in [7, 11) is 0. The molecule has 4 heteroatoms. The number of aliphatic hydroxyl groups is 1. The Morgan fingerprint density at radius 1 is 0.962 bits per heavy atom. The van der Waals surface area contributed by atoms with Gasteiger partial charge in [0.25, 0.3) is 0 Å². The molecule has 2 N–H and O–H groups in total.